The second-order valence-corrected chi connectivity index (χ2v) is 2.93. The Morgan fingerprint density at radius 3 is 2.62 bits per heavy atom. The molecule has 1 aromatic carbocycles. The van der Waals surface area contributed by atoms with E-state index < -0.39 is 22.3 Å². The number of amides is 1. The second-order valence-electron chi connectivity index (χ2n) is 2.93. The molecule has 0 spiro atoms. The molecule has 1 amide bonds. The largest absolute Gasteiger partial charge is 0.393 e. The summed E-state index contributed by atoms with van der Waals surface area (Å²) in [6, 6.07) is 1.75. The highest BCUT2D eigenvalue weighted by molar-refractivity contribution is 5.90. The predicted octanol–water partition coefficient (Wildman–Crippen LogP) is 0.815. The van der Waals surface area contributed by atoms with E-state index in [1.807, 2.05) is 0 Å². The summed E-state index contributed by atoms with van der Waals surface area (Å²) >= 11 is 0. The number of nitrogens with two attached hydrogens (primary N) is 2. The number of halogens is 1. The third-order valence-electron chi connectivity index (χ3n) is 1.77. The summed E-state index contributed by atoms with van der Waals surface area (Å²) in [7, 11) is 0. The van der Waals surface area contributed by atoms with Gasteiger partial charge in [-0.2, -0.15) is 0 Å². The van der Waals surface area contributed by atoms with Gasteiger partial charge in [-0.3, -0.25) is 14.9 Å². The Morgan fingerprint density at radius 2 is 2.12 bits per heavy atom. The topological polar surface area (TPSA) is 112 Å². The zero-order chi connectivity index (χ0) is 12.3. The lowest BCUT2D eigenvalue weighted by molar-refractivity contribution is -0.384. The fourth-order valence-corrected chi connectivity index (χ4v) is 1.05. The second kappa shape index (κ2) is 4.39. The molecule has 0 saturated carbocycles. The molecule has 0 fully saturated rings. The molecule has 0 atom stereocenters. The van der Waals surface area contributed by atoms with E-state index >= 15 is 0 Å². The molecular weight excluding hydrogens is 217 g/mol. The molecule has 1 rings (SSSR count). The van der Waals surface area contributed by atoms with Crippen molar-refractivity contribution in [2.75, 3.05) is 5.73 Å². The molecule has 0 bridgehead atoms. The summed E-state index contributed by atoms with van der Waals surface area (Å²) in [5, 5.41) is 10.5. The van der Waals surface area contributed by atoms with Crippen molar-refractivity contribution in [1.29, 1.82) is 0 Å². The summed E-state index contributed by atoms with van der Waals surface area (Å²) in [4.78, 5) is 20.2. The van der Waals surface area contributed by atoms with E-state index in [9.17, 15) is 19.3 Å². The van der Waals surface area contributed by atoms with Crippen molar-refractivity contribution in [2.45, 2.75) is 0 Å². The number of nitrogens with zero attached hydrogens (tertiary/aromatic N) is 1. The van der Waals surface area contributed by atoms with Gasteiger partial charge in [-0.25, -0.2) is 4.39 Å². The van der Waals surface area contributed by atoms with Crippen molar-refractivity contribution in [1.82, 2.24) is 0 Å². The van der Waals surface area contributed by atoms with Crippen LogP contribution in [-0.2, 0) is 4.79 Å². The minimum absolute atomic E-state index is 0.125. The van der Waals surface area contributed by atoms with E-state index in [1.165, 1.54) is 0 Å². The molecule has 84 valence electrons. The number of primary amides is 1. The van der Waals surface area contributed by atoms with Crippen molar-refractivity contribution >= 4 is 23.4 Å². The minimum Gasteiger partial charge on any atom is -0.393 e. The molecule has 0 aliphatic carbocycles. The van der Waals surface area contributed by atoms with Gasteiger partial charge in [-0.15, -0.1) is 0 Å². The standard InChI is InChI=1S/C9H8FN3O3/c10-6-4-7(11)8(13(15)16)3-5(6)1-2-9(12)14/h1-4H,11H2,(H2,12,14). The van der Waals surface area contributed by atoms with Crippen molar-refractivity contribution in [3.8, 4) is 0 Å². The van der Waals surface area contributed by atoms with Crippen molar-refractivity contribution in [3.63, 3.8) is 0 Å². The fraction of sp³-hybridized carbons (Fsp3) is 0. The summed E-state index contributed by atoms with van der Waals surface area (Å²) in [5.74, 6) is -1.54. The Morgan fingerprint density at radius 1 is 1.50 bits per heavy atom. The number of nitro groups is 1. The van der Waals surface area contributed by atoms with Gasteiger partial charge in [0.15, 0.2) is 0 Å². The van der Waals surface area contributed by atoms with Crippen LogP contribution < -0.4 is 11.5 Å². The summed E-state index contributed by atoms with van der Waals surface area (Å²) in [5.41, 5.74) is 9.23. The number of nitro benzene ring substituents is 1. The number of benzene rings is 1. The molecule has 4 N–H and O–H groups in total. The third-order valence-corrected chi connectivity index (χ3v) is 1.77. The smallest absolute Gasteiger partial charge is 0.292 e. The highest BCUT2D eigenvalue weighted by atomic mass is 19.1. The van der Waals surface area contributed by atoms with Crippen LogP contribution in [0.1, 0.15) is 5.56 Å². The van der Waals surface area contributed by atoms with Gasteiger partial charge in [0.05, 0.1) is 4.92 Å². The Hall–Kier alpha value is -2.44. The maximum atomic E-state index is 13.2. The number of carbonyl (C=O) groups excluding carboxylic acids is 1. The molecule has 16 heavy (non-hydrogen) atoms. The zero-order valence-electron chi connectivity index (χ0n) is 8.01. The number of hydrogen-bond acceptors (Lipinski definition) is 4. The van der Waals surface area contributed by atoms with Gasteiger partial charge in [-0.1, -0.05) is 0 Å². The van der Waals surface area contributed by atoms with E-state index in [0.29, 0.717) is 0 Å². The maximum Gasteiger partial charge on any atom is 0.292 e. The molecule has 1 aromatic rings. The Bertz CT molecular complexity index is 485. The molecule has 0 radical (unpaired) electrons. The first-order valence-electron chi connectivity index (χ1n) is 4.12. The van der Waals surface area contributed by atoms with Crippen LogP contribution in [0, 0.1) is 15.9 Å². The lowest BCUT2D eigenvalue weighted by Gasteiger charge is -2.00. The molecule has 7 heteroatoms. The molecule has 0 aromatic heterocycles. The summed E-state index contributed by atoms with van der Waals surface area (Å²) in [6.45, 7) is 0. The van der Waals surface area contributed by atoms with Crippen LogP contribution >= 0.6 is 0 Å². The highest BCUT2D eigenvalue weighted by Gasteiger charge is 2.14. The van der Waals surface area contributed by atoms with Gasteiger partial charge in [-0.05, 0) is 6.08 Å². The van der Waals surface area contributed by atoms with E-state index in [-0.39, 0.29) is 11.3 Å². The SMILES string of the molecule is NC(=O)C=Cc1cc([N+](=O)[O-])c(N)cc1F. The maximum absolute atomic E-state index is 13.2. The molecule has 0 aliphatic heterocycles. The first kappa shape index (κ1) is 11.6. The number of nitrogen functional groups attached to an aromatic ring is 1. The average molecular weight is 225 g/mol. The van der Waals surface area contributed by atoms with Crippen LogP contribution in [0.15, 0.2) is 18.2 Å². The number of rotatable bonds is 3. The van der Waals surface area contributed by atoms with Gasteiger partial charge >= 0.3 is 0 Å². The third kappa shape index (κ3) is 2.53. The predicted molar refractivity (Wildman–Crippen MR) is 55.7 cm³/mol. The quantitative estimate of drug-likeness (QED) is 0.343. The van der Waals surface area contributed by atoms with Crippen molar-refractivity contribution in [3.05, 3.63) is 39.7 Å². The average Bonchev–Trinajstić information content (AvgIpc) is 2.15. The van der Waals surface area contributed by atoms with Gasteiger partial charge in [0.25, 0.3) is 5.69 Å². The monoisotopic (exact) mass is 225 g/mol. The molecular formula is C9H8FN3O3. The highest BCUT2D eigenvalue weighted by Crippen LogP contribution is 2.25. The van der Waals surface area contributed by atoms with Crippen molar-refractivity contribution in [2.24, 2.45) is 5.73 Å². The first-order valence-corrected chi connectivity index (χ1v) is 4.12. The van der Waals surface area contributed by atoms with Gasteiger partial charge in [0.2, 0.25) is 5.91 Å². The van der Waals surface area contributed by atoms with Crippen LogP contribution in [0.3, 0.4) is 0 Å². The van der Waals surface area contributed by atoms with Crippen LogP contribution in [0.4, 0.5) is 15.8 Å². The molecule has 0 unspecified atom stereocenters. The normalized spacial score (nSPS) is 10.6. The number of carbonyl (C=O) groups is 1. The molecule has 0 saturated heterocycles. The van der Waals surface area contributed by atoms with Crippen LogP contribution in [0.25, 0.3) is 6.08 Å². The Labute approximate surface area is 89.5 Å². The van der Waals surface area contributed by atoms with Gasteiger partial charge < -0.3 is 11.5 Å². The van der Waals surface area contributed by atoms with E-state index in [0.717, 1.165) is 24.3 Å². The van der Waals surface area contributed by atoms with Crippen LogP contribution in [-0.4, -0.2) is 10.8 Å². The lowest BCUT2D eigenvalue weighted by Crippen LogP contribution is -2.05. The first-order chi connectivity index (χ1) is 7.41. The van der Waals surface area contributed by atoms with E-state index in [4.69, 9.17) is 11.5 Å². The van der Waals surface area contributed by atoms with E-state index in [1.54, 1.807) is 0 Å². The minimum atomic E-state index is -0.779. The Kier molecular flexibility index (Phi) is 3.19. The van der Waals surface area contributed by atoms with Gasteiger partial charge in [0.1, 0.15) is 11.5 Å². The summed E-state index contributed by atoms with van der Waals surface area (Å²) in [6.07, 6.45) is 1.95. The number of anilines is 1. The Balaban J connectivity index is 3.25. The van der Waals surface area contributed by atoms with Crippen molar-refractivity contribution < 1.29 is 14.1 Å². The molecule has 0 heterocycles. The molecule has 0 aliphatic rings. The van der Waals surface area contributed by atoms with E-state index in [2.05, 4.69) is 0 Å². The lowest BCUT2D eigenvalue weighted by atomic mass is 10.1. The summed E-state index contributed by atoms with van der Waals surface area (Å²) < 4.78 is 13.2. The molecule has 6 nitrogen and oxygen atoms in total. The fourth-order valence-electron chi connectivity index (χ4n) is 1.05. The zero-order valence-corrected chi connectivity index (χ0v) is 8.01. The van der Waals surface area contributed by atoms with Crippen LogP contribution in [0.5, 0.6) is 0 Å². The van der Waals surface area contributed by atoms with Crippen LogP contribution in [0.2, 0.25) is 0 Å². The van der Waals surface area contributed by atoms with Gasteiger partial charge in [0, 0.05) is 23.8 Å². The number of hydrogen-bond donors (Lipinski definition) is 2.